The number of hydrogen-bond acceptors (Lipinski definition) is 24. The average Bonchev–Trinajstić information content (AvgIpc) is 1.47. The minimum absolute atomic E-state index is 0.00127. The van der Waals surface area contributed by atoms with Gasteiger partial charge in [0.1, 0.15) is 19.0 Å². The smallest absolute Gasteiger partial charge is 0.407 e. The van der Waals surface area contributed by atoms with Crippen molar-refractivity contribution in [1.82, 2.24) is 65.5 Å². The van der Waals surface area contributed by atoms with E-state index in [2.05, 4.69) is 63.5 Å². The molecule has 2 fully saturated rings. The average molecular weight is 1870 g/mol. The van der Waals surface area contributed by atoms with Crippen LogP contribution in [0.2, 0.25) is 0 Å². The fourth-order valence-corrected chi connectivity index (χ4v) is 17.4. The van der Waals surface area contributed by atoms with Crippen molar-refractivity contribution < 1.29 is 101 Å². The van der Waals surface area contributed by atoms with Crippen LogP contribution in [0.5, 0.6) is 0 Å². The number of carbonyl (C=O) groups is 16. The Labute approximate surface area is 770 Å². The number of nitrogens with one attached hydrogen (secondary N) is 7. The van der Waals surface area contributed by atoms with Crippen LogP contribution in [0.1, 0.15) is 149 Å². The summed E-state index contributed by atoms with van der Waals surface area (Å²) >= 11 is 2.35. The van der Waals surface area contributed by atoms with Gasteiger partial charge >= 0.3 is 24.1 Å². The van der Waals surface area contributed by atoms with Gasteiger partial charge in [0.05, 0.1) is 105 Å². The zero-order valence-electron chi connectivity index (χ0n) is 74.6. The Morgan fingerprint density at radius 2 is 1.08 bits per heavy atom. The number of fused-ring (bicyclic) bond motifs is 5. The zero-order chi connectivity index (χ0) is 96.5. The van der Waals surface area contributed by atoms with Crippen molar-refractivity contribution in [3.8, 4) is 11.4 Å². The van der Waals surface area contributed by atoms with Crippen LogP contribution in [0.4, 0.5) is 30.1 Å². The molecule has 6 heterocycles. The maximum absolute atomic E-state index is 15.5. The Morgan fingerprint density at radius 3 is 1.51 bits per heavy atom. The van der Waals surface area contributed by atoms with E-state index < -0.39 is 124 Å². The van der Waals surface area contributed by atoms with Gasteiger partial charge in [0.2, 0.25) is 59.1 Å². The normalized spacial score (nSPS) is 16.2. The fourth-order valence-electron chi connectivity index (χ4n) is 15.9. The maximum Gasteiger partial charge on any atom is 0.407 e. The van der Waals surface area contributed by atoms with Gasteiger partial charge in [-0.1, -0.05) is 85.2 Å². The molecule has 0 radical (unpaired) electrons. The molecule has 5 aromatic rings. The van der Waals surface area contributed by atoms with Gasteiger partial charge in [0, 0.05) is 96.1 Å². The van der Waals surface area contributed by atoms with E-state index in [1.54, 1.807) is 96.1 Å². The molecule has 15 amide bonds. The Kier molecular flexibility index (Phi) is 37.0. The Balaban J connectivity index is 0.000000341. The molecule has 0 bridgehead atoms. The highest BCUT2D eigenvalue weighted by atomic mass is 32.2. The first kappa shape index (κ1) is 103. The molecular formula is C91H114FN17O21S2. The summed E-state index contributed by atoms with van der Waals surface area (Å²) in [4.78, 5) is 231. The van der Waals surface area contributed by atoms with Gasteiger partial charge in [-0.3, -0.25) is 62.3 Å². The lowest BCUT2D eigenvalue weighted by molar-refractivity contribution is -0.172. The minimum Gasteiger partial charge on any atom is -0.458 e. The first-order chi connectivity index (χ1) is 62.8. The molecule has 6 atom stereocenters. The number of thioether (sulfide) groups is 2. The molecule has 132 heavy (non-hydrogen) atoms. The summed E-state index contributed by atoms with van der Waals surface area (Å²) in [5.41, 5.74) is 13.7. The number of benzene rings is 3. The summed E-state index contributed by atoms with van der Waals surface area (Å²) in [5, 5.41) is 40.5. The van der Waals surface area contributed by atoms with Crippen LogP contribution in [-0.2, 0) is 110 Å². The first-order valence-electron chi connectivity index (χ1n) is 43.1. The van der Waals surface area contributed by atoms with Gasteiger partial charge < -0.3 is 102 Å². The number of nitrogens with zero attached hydrogens (tertiary/aromatic N) is 8. The molecule has 1 aliphatic carbocycles. The second-order valence-corrected chi connectivity index (χ2v) is 35.2. The predicted octanol–water partition coefficient (Wildman–Crippen LogP) is 5.56. The summed E-state index contributed by atoms with van der Waals surface area (Å²) < 4.78 is 27.9. The molecule has 41 heteroatoms. The van der Waals surface area contributed by atoms with Crippen LogP contribution in [0.15, 0.2) is 116 Å². The molecule has 0 unspecified atom stereocenters. The lowest BCUT2D eigenvalue weighted by Crippen LogP contribution is -2.59. The van der Waals surface area contributed by atoms with Crippen LogP contribution in [0.3, 0.4) is 0 Å². The van der Waals surface area contributed by atoms with E-state index in [1.807, 2.05) is 0 Å². The van der Waals surface area contributed by atoms with Crippen LogP contribution in [0.25, 0.3) is 22.3 Å². The number of pyridine rings is 2. The largest absolute Gasteiger partial charge is 0.458 e. The van der Waals surface area contributed by atoms with Crippen LogP contribution in [0, 0.1) is 36.4 Å². The maximum atomic E-state index is 15.5. The molecule has 0 spiro atoms. The highest BCUT2D eigenvalue weighted by molar-refractivity contribution is 8.00. The fraction of sp³-hybridized carbons (Fsp3) is 0.451. The molecule has 10 rings (SSSR count). The molecule has 13 N–H and O–H groups in total. The SMILES string of the molecule is C=CC(=O)N1CN(C(=O)C=C)CN(C(=O)CCSCC(=O)N[C@H](C(=O)C[C@@H](CCCNC(N)=O)C(=O)Nc2ccc(CO)cc2)C(C)C)C1.C=CC(=O)N1CN(C(=O)C=C)CN(C(=O)CCSCC(=O)N[C@H](C(=O)C[C@@H](CCCNC(N)=O)C(=O)Nc2ccc(COC(=O)N[C@H]3CCc4c(C)c(F)cc5nc6c(c3c45)Cn3c-6cc4c(c3=O)COC(=O)[C@]4(O)CC)cc2)C(C)C)C1. The number of ether oxygens (including phenoxy) is 2. The second kappa shape index (κ2) is 47.6. The number of anilines is 2. The van der Waals surface area contributed by atoms with E-state index in [1.165, 1.54) is 51.8 Å². The quantitative estimate of drug-likeness (QED) is 0.0127. The zero-order valence-corrected chi connectivity index (χ0v) is 76.3. The third-order valence-corrected chi connectivity index (χ3v) is 25.0. The number of amides is 15. The van der Waals surface area contributed by atoms with Crippen molar-refractivity contribution in [2.45, 2.75) is 162 Å². The van der Waals surface area contributed by atoms with Crippen molar-refractivity contribution in [2.24, 2.45) is 35.1 Å². The molecule has 2 saturated heterocycles. The van der Waals surface area contributed by atoms with E-state index in [9.17, 15) is 91.7 Å². The topological polar surface area (TPSA) is 523 Å². The van der Waals surface area contributed by atoms with Gasteiger partial charge in [0.25, 0.3) is 5.56 Å². The molecule has 3 aromatic carbocycles. The monoisotopic (exact) mass is 1860 g/mol. The lowest BCUT2D eigenvalue weighted by atomic mass is 9.81. The Morgan fingerprint density at radius 1 is 0.636 bits per heavy atom. The Hall–Kier alpha value is -13.2. The van der Waals surface area contributed by atoms with Crippen molar-refractivity contribution in [3.05, 3.63) is 172 Å². The van der Waals surface area contributed by atoms with E-state index >= 15 is 4.39 Å². The molecule has 38 nitrogen and oxygen atoms in total. The van der Waals surface area contributed by atoms with Crippen molar-refractivity contribution in [3.63, 3.8) is 0 Å². The summed E-state index contributed by atoms with van der Waals surface area (Å²) in [6.07, 6.45) is 5.08. The number of nitrogens with two attached hydrogens (primary N) is 2. The van der Waals surface area contributed by atoms with Crippen LogP contribution >= 0.6 is 23.5 Å². The number of esters is 1. The summed E-state index contributed by atoms with van der Waals surface area (Å²) in [6.45, 7) is 23.8. The number of aliphatic hydroxyl groups is 2. The van der Waals surface area contributed by atoms with Crippen molar-refractivity contribution >= 4 is 141 Å². The van der Waals surface area contributed by atoms with Crippen molar-refractivity contribution in [1.29, 1.82) is 0 Å². The standard InChI is InChI=1S/C58H67FN10O13S.C33H47N7O8S/c1-7-46(72)66-28-67(47(73)8-2)30-68(29-66)48(74)18-20-83-27-45(71)65-51(31(4)5)44(70)21-34(11-10-19-61-56(60)78)53(75)62-35-14-12-33(13-15-35)25-82-57(79)64-41-17-16-36-32(6)40(59)23-42-49(36)50(41)37-24-69-43(52(37)63-42)22-39-38(54(69)76)26-81-55(77)58(39,80)9-3;1-5-28(44)38-19-39(29(45)6-2)21-40(20-38)30(46)13-15-49-18-27(43)37-31(22(3)4)26(42)16-24(8-7-14-35-33(34)48)32(47)36-25-11-9-23(17-41)10-12-25/h7-8,12-15,22-23,31,34,41,51,80H,1-2,9-11,16-21,24-30H2,3-6H3,(H,62,75)(H,64,79)(H,65,71)(H3,60,61,78);5-6,9-12,22,24,31,41H,1-2,7-8,13-21H2,3-4H3,(H,36,47)(H,37,43)(H3,34,35,48)/t34-,41+,51+,58+;24-,31+/m11/s1. The van der Waals surface area contributed by atoms with Crippen LogP contribution < -0.4 is 54.2 Å². The van der Waals surface area contributed by atoms with Gasteiger partial charge in [-0.25, -0.2) is 28.6 Å². The number of aryl methyl sites for hydroxylation is 1. The molecular weight excluding hydrogens is 1750 g/mol. The van der Waals surface area contributed by atoms with Gasteiger partial charge in [0.15, 0.2) is 17.2 Å². The summed E-state index contributed by atoms with van der Waals surface area (Å²) in [6, 6.07) is 12.1. The third-order valence-electron chi connectivity index (χ3n) is 23.1. The summed E-state index contributed by atoms with van der Waals surface area (Å²) in [7, 11) is 0. The van der Waals surface area contributed by atoms with Crippen LogP contribution in [-0.4, -0.2) is 232 Å². The number of alkyl carbamates (subject to hydrolysis) is 1. The Bertz CT molecular complexity index is 5290. The molecule has 708 valence electrons. The predicted molar refractivity (Wildman–Crippen MR) is 488 cm³/mol. The second-order valence-electron chi connectivity index (χ2n) is 33.0. The number of hydrogen-bond donors (Lipinski definition) is 11. The summed E-state index contributed by atoms with van der Waals surface area (Å²) in [5.74, 6) is -8.21. The lowest BCUT2D eigenvalue weighted by Gasteiger charge is -2.41. The van der Waals surface area contributed by atoms with Gasteiger partial charge in [-0.2, -0.15) is 23.5 Å². The number of ketones is 2. The van der Waals surface area contributed by atoms with E-state index in [-0.39, 0.29) is 188 Å². The number of Topliss-reactive ketones (excluding diaryl/α,β-unsaturated/α-hetero) is 2. The number of aromatic nitrogens is 2. The van der Waals surface area contributed by atoms with Gasteiger partial charge in [-0.05, 0) is 146 Å². The number of halogens is 1. The highest BCUT2D eigenvalue weighted by Gasteiger charge is 2.47. The number of aliphatic hydroxyl groups excluding tert-OH is 1. The number of rotatable bonds is 41. The highest BCUT2D eigenvalue weighted by Crippen LogP contribution is 2.46. The number of urea groups is 2. The molecule has 0 saturated carbocycles. The third kappa shape index (κ3) is 26.6. The molecule has 5 aliphatic rings. The van der Waals surface area contributed by atoms with Gasteiger partial charge in [-0.15, -0.1) is 0 Å². The van der Waals surface area contributed by atoms with E-state index in [0.29, 0.717) is 87.2 Å². The van der Waals surface area contributed by atoms with E-state index in [4.69, 9.17) is 25.9 Å². The number of primary amides is 2. The van der Waals surface area contributed by atoms with Crippen molar-refractivity contribution in [2.75, 3.05) is 86.7 Å². The molecule has 4 aliphatic heterocycles. The van der Waals surface area contributed by atoms with E-state index in [0.717, 1.165) is 41.6 Å². The number of cyclic esters (lactones) is 1. The minimum atomic E-state index is -2.05. The number of carbonyl (C=O) groups excluding carboxylic acids is 16. The molecule has 2 aromatic heterocycles. The first-order valence-corrected chi connectivity index (χ1v) is 45.4.